The zero-order chi connectivity index (χ0) is 21.9. The van der Waals surface area contributed by atoms with Crippen molar-refractivity contribution >= 4 is 17.5 Å². The van der Waals surface area contributed by atoms with Crippen LogP contribution in [0.1, 0.15) is 43.0 Å². The van der Waals surface area contributed by atoms with Crippen molar-refractivity contribution in [2.45, 2.75) is 44.8 Å². The molecule has 3 N–H and O–H groups in total. The van der Waals surface area contributed by atoms with Crippen molar-refractivity contribution in [1.29, 1.82) is 0 Å². The monoisotopic (exact) mass is 436 g/mol. The van der Waals surface area contributed by atoms with Crippen LogP contribution in [-0.2, 0) is 6.54 Å². The third-order valence-electron chi connectivity index (χ3n) is 5.37. The number of aliphatic hydroxyl groups excluding tert-OH is 1. The molecule has 0 bridgehead atoms. The Balaban J connectivity index is 1.85. The molecule has 0 aliphatic heterocycles. The van der Waals surface area contributed by atoms with Gasteiger partial charge >= 0.3 is 5.69 Å². The van der Waals surface area contributed by atoms with Gasteiger partial charge in [0.05, 0.1) is 35.0 Å². The van der Waals surface area contributed by atoms with Crippen LogP contribution in [0.3, 0.4) is 0 Å². The molecule has 2 atom stereocenters. The number of rotatable bonds is 6. The number of carbonyl (C=O) groups excluding carboxylic acids is 1. The molecule has 162 valence electrons. The van der Waals surface area contributed by atoms with Gasteiger partial charge in [0.1, 0.15) is 6.20 Å². The number of hydrogen-bond donors (Lipinski definition) is 3. The van der Waals surface area contributed by atoms with Gasteiger partial charge in [-0.15, -0.1) is 0 Å². The van der Waals surface area contributed by atoms with Gasteiger partial charge in [0, 0.05) is 6.54 Å². The molecule has 0 saturated heterocycles. The minimum Gasteiger partial charge on any atom is -0.395 e. The van der Waals surface area contributed by atoms with Crippen molar-refractivity contribution in [1.82, 2.24) is 19.7 Å². The number of halogens is 1. The van der Waals surface area contributed by atoms with Gasteiger partial charge in [-0.25, -0.2) is 4.79 Å². The van der Waals surface area contributed by atoms with E-state index in [2.05, 4.69) is 17.3 Å². The quantitative estimate of drug-likeness (QED) is 0.612. The first-order valence-electron chi connectivity index (χ1n) is 9.84. The summed E-state index contributed by atoms with van der Waals surface area (Å²) in [7, 11) is 0. The average Bonchev–Trinajstić information content (AvgIpc) is 2.70. The maximum absolute atomic E-state index is 12.7. The fraction of sp³-hybridized carbons (Fsp3) is 0.500. The second kappa shape index (κ2) is 9.11. The van der Waals surface area contributed by atoms with Gasteiger partial charge in [0.2, 0.25) is 0 Å². The maximum atomic E-state index is 12.7. The molecular weight excluding hydrogens is 412 g/mol. The molecule has 2 aromatic rings. The van der Waals surface area contributed by atoms with Crippen LogP contribution in [0.25, 0.3) is 5.69 Å². The average molecular weight is 437 g/mol. The minimum atomic E-state index is -0.949. The molecule has 1 aliphatic carbocycles. The summed E-state index contributed by atoms with van der Waals surface area (Å²) in [4.78, 5) is 37.1. The molecule has 0 spiro atoms. The highest BCUT2D eigenvalue weighted by molar-refractivity contribution is 6.33. The van der Waals surface area contributed by atoms with Gasteiger partial charge in [-0.3, -0.25) is 14.2 Å². The Morgan fingerprint density at radius 2 is 2.17 bits per heavy atom. The molecule has 3 rings (SSSR count). The molecule has 0 radical (unpaired) electrons. The SMILES string of the molecule is CC1CCCC(O)(CNC(=O)c2cc(-n3ncc(=O)n(CCO)c3=O)ccc2Cl)C1. The highest BCUT2D eigenvalue weighted by Gasteiger charge is 2.33. The third kappa shape index (κ3) is 4.80. The Hall–Kier alpha value is -2.49. The van der Waals surface area contributed by atoms with Crippen molar-refractivity contribution in [3.05, 3.63) is 55.8 Å². The largest absolute Gasteiger partial charge is 0.395 e. The van der Waals surface area contributed by atoms with Crippen LogP contribution in [0, 0.1) is 5.92 Å². The van der Waals surface area contributed by atoms with E-state index in [9.17, 15) is 19.5 Å². The van der Waals surface area contributed by atoms with Gasteiger partial charge in [-0.2, -0.15) is 9.78 Å². The lowest BCUT2D eigenvalue weighted by molar-refractivity contribution is -0.0109. The minimum absolute atomic E-state index is 0.107. The number of carbonyl (C=O) groups is 1. The lowest BCUT2D eigenvalue weighted by atomic mass is 9.79. The fourth-order valence-corrected chi connectivity index (χ4v) is 4.07. The van der Waals surface area contributed by atoms with E-state index in [-0.39, 0.29) is 36.0 Å². The highest BCUT2D eigenvalue weighted by Crippen LogP contribution is 2.31. The summed E-state index contributed by atoms with van der Waals surface area (Å²) in [6.45, 7) is 1.64. The summed E-state index contributed by atoms with van der Waals surface area (Å²) in [6, 6.07) is 4.35. The van der Waals surface area contributed by atoms with Crippen LogP contribution in [-0.4, -0.2) is 49.2 Å². The summed E-state index contributed by atoms with van der Waals surface area (Å²) < 4.78 is 1.81. The van der Waals surface area contributed by atoms with Gasteiger partial charge in [0.25, 0.3) is 11.5 Å². The second-order valence-electron chi connectivity index (χ2n) is 7.83. The van der Waals surface area contributed by atoms with Crippen LogP contribution >= 0.6 is 11.6 Å². The van der Waals surface area contributed by atoms with E-state index in [1.54, 1.807) is 0 Å². The zero-order valence-electron chi connectivity index (χ0n) is 16.7. The smallest absolute Gasteiger partial charge is 0.352 e. The molecule has 10 heteroatoms. The summed E-state index contributed by atoms with van der Waals surface area (Å²) in [6.07, 6.45) is 4.17. The molecule has 1 aromatic carbocycles. The third-order valence-corrected chi connectivity index (χ3v) is 5.70. The lowest BCUT2D eigenvalue weighted by Gasteiger charge is -2.35. The highest BCUT2D eigenvalue weighted by atomic mass is 35.5. The molecule has 1 aromatic heterocycles. The van der Waals surface area contributed by atoms with Crippen LogP contribution in [0.15, 0.2) is 34.0 Å². The van der Waals surface area contributed by atoms with Crippen LogP contribution in [0.4, 0.5) is 0 Å². The Labute approximate surface area is 177 Å². The number of amides is 1. The maximum Gasteiger partial charge on any atom is 0.352 e. The molecule has 1 aliphatic rings. The van der Waals surface area contributed by atoms with Gasteiger partial charge in [-0.05, 0) is 37.0 Å². The molecular formula is C20H25ClN4O5. The van der Waals surface area contributed by atoms with Crippen LogP contribution in [0.5, 0.6) is 0 Å². The summed E-state index contributed by atoms with van der Waals surface area (Å²) in [5.41, 5.74) is -1.96. The van der Waals surface area contributed by atoms with E-state index in [1.807, 2.05) is 0 Å². The Kier molecular flexibility index (Phi) is 6.74. The first-order valence-corrected chi connectivity index (χ1v) is 10.2. The number of nitrogens with one attached hydrogen (secondary N) is 1. The van der Waals surface area contributed by atoms with E-state index in [1.165, 1.54) is 18.2 Å². The second-order valence-corrected chi connectivity index (χ2v) is 8.23. The first-order chi connectivity index (χ1) is 14.2. The molecule has 2 unspecified atom stereocenters. The summed E-state index contributed by atoms with van der Waals surface area (Å²) in [5.74, 6) is -0.0923. The van der Waals surface area contributed by atoms with Crippen molar-refractivity contribution in [3.8, 4) is 5.69 Å². The predicted octanol–water partition coefficient (Wildman–Crippen LogP) is 0.711. The molecule has 9 nitrogen and oxygen atoms in total. The predicted molar refractivity (Wildman–Crippen MR) is 111 cm³/mol. The molecule has 30 heavy (non-hydrogen) atoms. The van der Waals surface area contributed by atoms with Gasteiger partial charge < -0.3 is 15.5 Å². The molecule has 1 amide bonds. The fourth-order valence-electron chi connectivity index (χ4n) is 3.87. The first kappa shape index (κ1) is 22.2. The topological polar surface area (TPSA) is 126 Å². The van der Waals surface area contributed by atoms with Crippen molar-refractivity contribution in [3.63, 3.8) is 0 Å². The summed E-state index contributed by atoms with van der Waals surface area (Å²) in [5, 5.41) is 26.5. The lowest BCUT2D eigenvalue weighted by Crippen LogP contribution is -2.45. The molecule has 1 fully saturated rings. The number of benzene rings is 1. The number of hydrogen-bond acceptors (Lipinski definition) is 6. The van der Waals surface area contributed by atoms with Gasteiger partial charge in [-0.1, -0.05) is 31.4 Å². The Morgan fingerprint density at radius 1 is 1.40 bits per heavy atom. The van der Waals surface area contributed by atoms with Crippen LogP contribution < -0.4 is 16.6 Å². The van der Waals surface area contributed by atoms with Crippen molar-refractivity contribution in [2.75, 3.05) is 13.2 Å². The number of aliphatic hydroxyl groups is 2. The molecule has 1 saturated carbocycles. The number of nitrogens with zero attached hydrogens (tertiary/aromatic N) is 3. The van der Waals surface area contributed by atoms with Crippen molar-refractivity contribution in [2.24, 2.45) is 5.92 Å². The van der Waals surface area contributed by atoms with Crippen LogP contribution in [0.2, 0.25) is 5.02 Å². The van der Waals surface area contributed by atoms with Gasteiger partial charge in [0.15, 0.2) is 0 Å². The Morgan fingerprint density at radius 3 is 2.87 bits per heavy atom. The van der Waals surface area contributed by atoms with E-state index >= 15 is 0 Å². The van der Waals surface area contributed by atoms with E-state index < -0.39 is 22.8 Å². The van der Waals surface area contributed by atoms with E-state index in [0.717, 1.165) is 28.3 Å². The number of aromatic nitrogens is 3. The zero-order valence-corrected chi connectivity index (χ0v) is 17.4. The van der Waals surface area contributed by atoms with E-state index in [4.69, 9.17) is 16.7 Å². The Bertz CT molecular complexity index is 1050. The van der Waals surface area contributed by atoms with E-state index in [0.29, 0.717) is 18.8 Å². The molecule has 1 heterocycles. The standard InChI is InChI=1S/C20H25ClN4O5/c1-13-3-2-6-20(30,10-13)12-22-18(28)15-9-14(4-5-16(15)21)25-19(29)24(7-8-26)17(27)11-23-25/h4-5,9,11,13,26,30H,2-3,6-8,10,12H2,1H3,(H,22,28). The van der Waals surface area contributed by atoms with Crippen molar-refractivity contribution < 1.29 is 15.0 Å². The normalized spacial score (nSPS) is 21.4. The summed E-state index contributed by atoms with van der Waals surface area (Å²) >= 11 is 6.18.